The monoisotopic (exact) mass is 440 g/mol. The van der Waals surface area contributed by atoms with Gasteiger partial charge in [-0.3, -0.25) is 9.63 Å². The Labute approximate surface area is 187 Å². The Kier molecular flexibility index (Phi) is 7.83. The van der Waals surface area contributed by atoms with E-state index in [0.29, 0.717) is 13.0 Å². The van der Waals surface area contributed by atoms with E-state index in [0.717, 1.165) is 16.2 Å². The molecule has 0 saturated heterocycles. The van der Waals surface area contributed by atoms with Gasteiger partial charge in [-0.2, -0.15) is 0 Å². The first kappa shape index (κ1) is 23.3. The highest BCUT2D eigenvalue weighted by Gasteiger charge is 2.29. The summed E-state index contributed by atoms with van der Waals surface area (Å²) in [4.78, 5) is 39.5. The number of nitrogens with one attached hydrogen (secondary N) is 1. The van der Waals surface area contributed by atoms with E-state index in [1.807, 2.05) is 31.2 Å². The van der Waals surface area contributed by atoms with Crippen molar-refractivity contribution in [2.75, 3.05) is 26.8 Å². The first-order valence-electron chi connectivity index (χ1n) is 10.6. The summed E-state index contributed by atoms with van der Waals surface area (Å²) in [5.74, 6) is -1.48. The zero-order chi connectivity index (χ0) is 23.1. The third kappa shape index (κ3) is 5.85. The fourth-order valence-electron chi connectivity index (χ4n) is 3.82. The van der Waals surface area contributed by atoms with Crippen LogP contribution in [0.15, 0.2) is 48.5 Å². The van der Waals surface area contributed by atoms with Crippen LogP contribution >= 0.6 is 0 Å². The molecule has 2 aromatic rings. The summed E-state index contributed by atoms with van der Waals surface area (Å²) in [7, 11) is 1.38. The maximum atomic E-state index is 12.2. The van der Waals surface area contributed by atoms with Crippen LogP contribution in [-0.4, -0.2) is 54.9 Å². The lowest BCUT2D eigenvalue weighted by Gasteiger charge is -2.18. The predicted octanol–water partition coefficient (Wildman–Crippen LogP) is 3.42. The van der Waals surface area contributed by atoms with Crippen molar-refractivity contribution in [1.29, 1.82) is 0 Å². The first-order chi connectivity index (χ1) is 15.4. The van der Waals surface area contributed by atoms with Gasteiger partial charge in [-0.1, -0.05) is 55.5 Å². The lowest BCUT2D eigenvalue weighted by Crippen LogP contribution is -2.31. The van der Waals surface area contributed by atoms with E-state index < -0.39 is 18.7 Å². The Morgan fingerprint density at radius 1 is 1.06 bits per heavy atom. The molecule has 0 fully saturated rings. The Bertz CT molecular complexity index is 931. The van der Waals surface area contributed by atoms with Crippen LogP contribution in [0.5, 0.6) is 0 Å². The highest BCUT2D eigenvalue weighted by molar-refractivity contribution is 5.79. The van der Waals surface area contributed by atoms with E-state index in [1.54, 1.807) is 0 Å². The molecule has 1 aliphatic rings. The van der Waals surface area contributed by atoms with Crippen molar-refractivity contribution >= 4 is 18.0 Å². The topological polar surface area (TPSA) is 105 Å². The number of aliphatic carboxylic acids is 1. The predicted molar refractivity (Wildman–Crippen MR) is 118 cm³/mol. The van der Waals surface area contributed by atoms with E-state index in [-0.39, 0.29) is 30.8 Å². The summed E-state index contributed by atoms with van der Waals surface area (Å²) in [6.07, 6.45) is 0.262. The normalized spacial score (nSPS) is 13.1. The van der Waals surface area contributed by atoms with E-state index in [9.17, 15) is 14.4 Å². The summed E-state index contributed by atoms with van der Waals surface area (Å²) >= 11 is 0. The van der Waals surface area contributed by atoms with Crippen molar-refractivity contribution in [2.45, 2.75) is 25.7 Å². The third-order valence-electron chi connectivity index (χ3n) is 5.51. The van der Waals surface area contributed by atoms with Gasteiger partial charge in [0, 0.05) is 25.9 Å². The van der Waals surface area contributed by atoms with Gasteiger partial charge >= 0.3 is 12.1 Å². The van der Waals surface area contributed by atoms with Crippen LogP contribution in [0.1, 0.15) is 36.8 Å². The van der Waals surface area contributed by atoms with Crippen LogP contribution in [0.2, 0.25) is 0 Å². The van der Waals surface area contributed by atoms with Crippen molar-refractivity contribution in [3.05, 3.63) is 59.7 Å². The number of carbonyl (C=O) groups excluding carboxylic acids is 2. The molecule has 3 rings (SSSR count). The number of hydroxylamine groups is 2. The number of hydrogen-bond donors (Lipinski definition) is 2. The molecule has 0 saturated carbocycles. The molecule has 1 atom stereocenters. The van der Waals surface area contributed by atoms with Gasteiger partial charge < -0.3 is 15.2 Å². The van der Waals surface area contributed by atoms with Crippen LogP contribution < -0.4 is 5.32 Å². The number of rotatable bonds is 10. The minimum absolute atomic E-state index is 0.00559. The summed E-state index contributed by atoms with van der Waals surface area (Å²) in [5.41, 5.74) is 4.66. The van der Waals surface area contributed by atoms with Crippen molar-refractivity contribution in [1.82, 2.24) is 10.4 Å². The highest BCUT2D eigenvalue weighted by atomic mass is 16.7. The molecule has 0 spiro atoms. The fraction of sp³-hybridized carbons (Fsp3) is 0.375. The van der Waals surface area contributed by atoms with Gasteiger partial charge in [-0.25, -0.2) is 14.7 Å². The number of carboxylic acids is 1. The molecule has 0 radical (unpaired) electrons. The van der Waals surface area contributed by atoms with Gasteiger partial charge in [-0.15, -0.1) is 0 Å². The van der Waals surface area contributed by atoms with Crippen molar-refractivity contribution in [2.24, 2.45) is 5.92 Å². The third-order valence-corrected chi connectivity index (χ3v) is 5.51. The van der Waals surface area contributed by atoms with Crippen LogP contribution in [0, 0.1) is 5.92 Å². The molecule has 0 heterocycles. The quantitative estimate of drug-likeness (QED) is 0.549. The van der Waals surface area contributed by atoms with Crippen molar-refractivity contribution in [3.8, 4) is 11.1 Å². The Morgan fingerprint density at radius 2 is 1.66 bits per heavy atom. The average molecular weight is 440 g/mol. The summed E-state index contributed by atoms with van der Waals surface area (Å²) in [6, 6.07) is 16.3. The number of ether oxygens (including phenoxy) is 1. The Morgan fingerprint density at radius 3 is 2.25 bits per heavy atom. The van der Waals surface area contributed by atoms with Crippen LogP contribution in [0.3, 0.4) is 0 Å². The first-order valence-corrected chi connectivity index (χ1v) is 10.6. The van der Waals surface area contributed by atoms with Gasteiger partial charge in [-0.05, 0) is 34.6 Å². The van der Waals surface area contributed by atoms with Gasteiger partial charge in [0.25, 0.3) is 0 Å². The molecule has 8 heteroatoms. The van der Waals surface area contributed by atoms with Gasteiger partial charge in [0.05, 0.1) is 0 Å². The molecule has 170 valence electrons. The summed E-state index contributed by atoms with van der Waals surface area (Å²) in [6.45, 7) is 1.92. The molecular weight excluding hydrogens is 412 g/mol. The van der Waals surface area contributed by atoms with Crippen LogP contribution in [0.4, 0.5) is 4.79 Å². The van der Waals surface area contributed by atoms with Crippen LogP contribution in [0.25, 0.3) is 11.1 Å². The number of alkyl carbamates (subject to hydrolysis) is 1. The number of benzene rings is 2. The standard InChI is InChI=1S/C24H28N2O6/c1-16(13-22(27)26(2)32-15-23(28)29)11-12-25-24(30)31-14-21-19-9-5-3-7-17(19)18-8-4-6-10-20(18)21/h3-10,16,21H,11-15H2,1-2H3,(H,25,30)(H,28,29). The zero-order valence-electron chi connectivity index (χ0n) is 18.2. The van der Waals surface area contributed by atoms with E-state index in [4.69, 9.17) is 14.7 Å². The summed E-state index contributed by atoms with van der Waals surface area (Å²) < 4.78 is 5.49. The molecule has 2 amide bonds. The molecule has 32 heavy (non-hydrogen) atoms. The maximum Gasteiger partial charge on any atom is 0.407 e. The minimum atomic E-state index is -1.15. The molecule has 8 nitrogen and oxygen atoms in total. The largest absolute Gasteiger partial charge is 0.479 e. The van der Waals surface area contributed by atoms with E-state index in [2.05, 4.69) is 29.6 Å². The van der Waals surface area contributed by atoms with E-state index in [1.165, 1.54) is 18.2 Å². The summed E-state index contributed by atoms with van der Waals surface area (Å²) in [5, 5.41) is 12.3. The van der Waals surface area contributed by atoms with E-state index >= 15 is 0 Å². The Hall–Kier alpha value is -3.39. The number of carboxylic acid groups (broad SMARTS) is 1. The van der Waals surface area contributed by atoms with Gasteiger partial charge in [0.15, 0.2) is 6.61 Å². The maximum absolute atomic E-state index is 12.2. The SMILES string of the molecule is CC(CCNC(=O)OCC1c2ccccc2-c2ccccc21)CC(=O)N(C)OCC(=O)O. The molecule has 2 aromatic carbocycles. The van der Waals surface area contributed by atoms with Crippen LogP contribution in [-0.2, 0) is 19.2 Å². The lowest BCUT2D eigenvalue weighted by molar-refractivity contribution is -0.186. The number of nitrogens with zero attached hydrogens (tertiary/aromatic N) is 1. The fourth-order valence-corrected chi connectivity index (χ4v) is 3.82. The minimum Gasteiger partial charge on any atom is -0.479 e. The average Bonchev–Trinajstić information content (AvgIpc) is 3.09. The molecule has 1 aliphatic carbocycles. The molecule has 0 aromatic heterocycles. The highest BCUT2D eigenvalue weighted by Crippen LogP contribution is 2.44. The second-order valence-corrected chi connectivity index (χ2v) is 7.91. The smallest absolute Gasteiger partial charge is 0.407 e. The molecule has 2 N–H and O–H groups in total. The number of amides is 2. The number of fused-ring (bicyclic) bond motifs is 3. The molecular formula is C24H28N2O6. The number of hydrogen-bond acceptors (Lipinski definition) is 5. The number of carbonyl (C=O) groups is 3. The second kappa shape index (κ2) is 10.8. The molecule has 0 aliphatic heterocycles. The molecule has 1 unspecified atom stereocenters. The molecule has 0 bridgehead atoms. The van der Waals surface area contributed by atoms with Gasteiger partial charge in [0.1, 0.15) is 6.61 Å². The Balaban J connectivity index is 1.41. The lowest BCUT2D eigenvalue weighted by atomic mass is 9.98. The van der Waals surface area contributed by atoms with Crippen molar-refractivity contribution < 1.29 is 29.1 Å². The second-order valence-electron chi connectivity index (χ2n) is 7.91. The van der Waals surface area contributed by atoms with Crippen molar-refractivity contribution in [3.63, 3.8) is 0 Å². The zero-order valence-corrected chi connectivity index (χ0v) is 18.2. The van der Waals surface area contributed by atoms with Gasteiger partial charge in [0.2, 0.25) is 5.91 Å².